The summed E-state index contributed by atoms with van der Waals surface area (Å²) < 4.78 is 12.4. The molecule has 5 heteroatoms. The summed E-state index contributed by atoms with van der Waals surface area (Å²) in [5.41, 5.74) is 1.12. The molecule has 0 heterocycles. The highest BCUT2D eigenvalue weighted by atomic mass is 28.3. The standard InChI is InChI=1S/C20H47NO2Si2/c1-7-17-22-19(24(9-3)10-4)13-15-21-16-14-20(23-18-8-2)25(11-5)12-6/h19-21,24-25H,7-18H2,1-6H3. The second-order valence-corrected chi connectivity index (χ2v) is 15.1. The van der Waals surface area contributed by atoms with E-state index in [1.807, 2.05) is 0 Å². The van der Waals surface area contributed by atoms with Crippen LogP contribution in [0.25, 0.3) is 0 Å². The number of hydrogen-bond donors (Lipinski definition) is 1. The molecule has 1 N–H and O–H groups in total. The van der Waals surface area contributed by atoms with Crippen LogP contribution in [0.2, 0.25) is 24.2 Å². The van der Waals surface area contributed by atoms with Crippen molar-refractivity contribution in [1.82, 2.24) is 5.32 Å². The van der Waals surface area contributed by atoms with Crippen molar-refractivity contribution in [2.24, 2.45) is 0 Å². The molecule has 0 saturated heterocycles. The highest BCUT2D eigenvalue weighted by molar-refractivity contribution is 6.60. The summed E-state index contributed by atoms with van der Waals surface area (Å²) >= 11 is 0. The summed E-state index contributed by atoms with van der Waals surface area (Å²) in [6, 6.07) is 5.44. The maximum Gasteiger partial charge on any atom is 0.0712 e. The van der Waals surface area contributed by atoms with Crippen molar-refractivity contribution >= 4 is 17.6 Å². The molecule has 0 aromatic heterocycles. The van der Waals surface area contributed by atoms with Gasteiger partial charge < -0.3 is 14.8 Å². The van der Waals surface area contributed by atoms with Crippen LogP contribution in [0.5, 0.6) is 0 Å². The minimum absolute atomic E-state index is 0.558. The van der Waals surface area contributed by atoms with E-state index in [-0.39, 0.29) is 0 Å². The third-order valence-electron chi connectivity index (χ3n) is 5.43. The summed E-state index contributed by atoms with van der Waals surface area (Å²) in [6.07, 6.45) is 4.66. The Morgan fingerprint density at radius 3 is 1.28 bits per heavy atom. The fourth-order valence-electron chi connectivity index (χ4n) is 3.69. The molecule has 0 rings (SSSR count). The zero-order chi connectivity index (χ0) is 18.9. The van der Waals surface area contributed by atoms with Crippen LogP contribution in [0, 0.1) is 0 Å². The van der Waals surface area contributed by atoms with Gasteiger partial charge in [0.05, 0.1) is 17.6 Å². The molecular weight excluding hydrogens is 342 g/mol. The monoisotopic (exact) mass is 389 g/mol. The molecule has 0 radical (unpaired) electrons. The highest BCUT2D eigenvalue weighted by Gasteiger charge is 2.21. The summed E-state index contributed by atoms with van der Waals surface area (Å²) in [5, 5.41) is 3.69. The fraction of sp³-hybridized carbons (Fsp3) is 1.00. The van der Waals surface area contributed by atoms with E-state index < -0.39 is 17.6 Å². The van der Waals surface area contributed by atoms with E-state index in [1.54, 1.807) is 0 Å². The van der Waals surface area contributed by atoms with E-state index in [0.717, 1.165) is 39.1 Å². The van der Waals surface area contributed by atoms with Gasteiger partial charge in [0, 0.05) is 24.7 Å². The van der Waals surface area contributed by atoms with Gasteiger partial charge in [0.2, 0.25) is 0 Å². The van der Waals surface area contributed by atoms with Crippen molar-refractivity contribution < 1.29 is 9.47 Å². The predicted octanol–water partition coefficient (Wildman–Crippen LogP) is 4.56. The number of nitrogens with one attached hydrogen (secondary N) is 1. The molecule has 0 aromatic rings. The van der Waals surface area contributed by atoms with Gasteiger partial charge in [0.15, 0.2) is 0 Å². The van der Waals surface area contributed by atoms with Gasteiger partial charge in [-0.25, -0.2) is 0 Å². The molecule has 25 heavy (non-hydrogen) atoms. The first-order chi connectivity index (χ1) is 12.2. The van der Waals surface area contributed by atoms with E-state index in [2.05, 4.69) is 46.9 Å². The fourth-order valence-corrected chi connectivity index (χ4v) is 9.04. The lowest BCUT2D eigenvalue weighted by Crippen LogP contribution is -2.38. The first-order valence-electron chi connectivity index (χ1n) is 11.1. The average molecular weight is 390 g/mol. The van der Waals surface area contributed by atoms with E-state index >= 15 is 0 Å². The lowest BCUT2D eigenvalue weighted by Gasteiger charge is -2.26. The Bertz CT molecular complexity index is 248. The molecule has 0 aliphatic rings. The van der Waals surface area contributed by atoms with Crippen LogP contribution in [0.15, 0.2) is 0 Å². The molecule has 0 saturated carbocycles. The highest BCUT2D eigenvalue weighted by Crippen LogP contribution is 2.13. The molecule has 2 unspecified atom stereocenters. The van der Waals surface area contributed by atoms with E-state index in [0.29, 0.717) is 11.5 Å². The third kappa shape index (κ3) is 11.6. The Morgan fingerprint density at radius 2 is 1.00 bits per heavy atom. The minimum Gasteiger partial charge on any atom is -0.382 e. The number of ether oxygens (including phenoxy) is 2. The van der Waals surface area contributed by atoms with Crippen LogP contribution in [0.1, 0.15) is 67.2 Å². The van der Waals surface area contributed by atoms with Crippen LogP contribution < -0.4 is 5.32 Å². The molecule has 0 fully saturated rings. The zero-order valence-electron chi connectivity index (χ0n) is 18.1. The van der Waals surface area contributed by atoms with Gasteiger partial charge in [-0.3, -0.25) is 0 Å². The molecule has 2 atom stereocenters. The van der Waals surface area contributed by atoms with Crippen molar-refractivity contribution in [1.29, 1.82) is 0 Å². The van der Waals surface area contributed by atoms with Crippen molar-refractivity contribution in [2.75, 3.05) is 26.3 Å². The van der Waals surface area contributed by atoms with E-state index in [9.17, 15) is 0 Å². The Kier molecular flexibility index (Phi) is 17.9. The van der Waals surface area contributed by atoms with Gasteiger partial charge in [-0.05, 0) is 38.8 Å². The van der Waals surface area contributed by atoms with Crippen molar-refractivity contribution in [3.8, 4) is 0 Å². The average Bonchev–Trinajstić information content (AvgIpc) is 2.64. The summed E-state index contributed by atoms with van der Waals surface area (Å²) in [4.78, 5) is 0. The first kappa shape index (κ1) is 25.3. The van der Waals surface area contributed by atoms with E-state index in [1.165, 1.54) is 37.0 Å². The lowest BCUT2D eigenvalue weighted by molar-refractivity contribution is 0.0917. The minimum atomic E-state index is -0.732. The SMILES string of the molecule is CCCOC(CCNCCC(OCCC)[SiH](CC)CC)[SiH](CC)CC. The van der Waals surface area contributed by atoms with Crippen LogP contribution >= 0.6 is 0 Å². The molecule has 0 aromatic carbocycles. The Balaban J connectivity index is 4.21. The Labute approximate surface area is 161 Å². The largest absolute Gasteiger partial charge is 0.382 e. The quantitative estimate of drug-likeness (QED) is 0.275. The smallest absolute Gasteiger partial charge is 0.0712 e. The maximum atomic E-state index is 6.19. The molecule has 0 amide bonds. The van der Waals surface area contributed by atoms with Gasteiger partial charge in [-0.15, -0.1) is 0 Å². The van der Waals surface area contributed by atoms with Gasteiger partial charge in [0.25, 0.3) is 0 Å². The van der Waals surface area contributed by atoms with Gasteiger partial charge in [0.1, 0.15) is 0 Å². The topological polar surface area (TPSA) is 30.5 Å². The zero-order valence-corrected chi connectivity index (χ0v) is 20.4. The Hall–Kier alpha value is 0.314. The first-order valence-corrected chi connectivity index (χ1v) is 15.7. The molecule has 0 spiro atoms. The second-order valence-electron chi connectivity index (χ2n) is 7.30. The third-order valence-corrected chi connectivity index (χ3v) is 12.8. The maximum absolute atomic E-state index is 6.19. The summed E-state index contributed by atoms with van der Waals surface area (Å²) in [6.45, 7) is 17.9. The van der Waals surface area contributed by atoms with Crippen LogP contribution in [-0.2, 0) is 9.47 Å². The Morgan fingerprint density at radius 1 is 0.640 bits per heavy atom. The van der Waals surface area contributed by atoms with E-state index in [4.69, 9.17) is 9.47 Å². The molecule has 0 bridgehead atoms. The number of rotatable bonds is 18. The summed E-state index contributed by atoms with van der Waals surface area (Å²) in [5.74, 6) is 0. The molecular formula is C20H47NO2Si2. The van der Waals surface area contributed by atoms with Crippen LogP contribution in [0.3, 0.4) is 0 Å². The normalized spacial score (nSPS) is 14.4. The van der Waals surface area contributed by atoms with Crippen molar-refractivity contribution in [3.05, 3.63) is 0 Å². The molecule has 0 aliphatic heterocycles. The van der Waals surface area contributed by atoms with Gasteiger partial charge in [-0.2, -0.15) is 0 Å². The van der Waals surface area contributed by atoms with Crippen LogP contribution in [-0.4, -0.2) is 55.4 Å². The molecule has 3 nitrogen and oxygen atoms in total. The number of hydrogen-bond acceptors (Lipinski definition) is 3. The second kappa shape index (κ2) is 17.7. The summed E-state index contributed by atoms with van der Waals surface area (Å²) in [7, 11) is -1.46. The lowest BCUT2D eigenvalue weighted by atomic mass is 10.4. The van der Waals surface area contributed by atoms with Gasteiger partial charge in [-0.1, -0.05) is 65.7 Å². The van der Waals surface area contributed by atoms with Crippen molar-refractivity contribution in [2.45, 2.75) is 103 Å². The predicted molar refractivity (Wildman–Crippen MR) is 118 cm³/mol. The molecule has 0 aliphatic carbocycles. The molecule has 152 valence electrons. The van der Waals surface area contributed by atoms with Gasteiger partial charge >= 0.3 is 0 Å². The van der Waals surface area contributed by atoms with Crippen LogP contribution in [0.4, 0.5) is 0 Å². The van der Waals surface area contributed by atoms with Crippen molar-refractivity contribution in [3.63, 3.8) is 0 Å².